The first-order valence-corrected chi connectivity index (χ1v) is 7.16. The summed E-state index contributed by atoms with van der Waals surface area (Å²) in [4.78, 5) is 25.3. The number of benzene rings is 1. The van der Waals surface area contributed by atoms with Crippen molar-refractivity contribution in [3.8, 4) is 11.8 Å². The summed E-state index contributed by atoms with van der Waals surface area (Å²) >= 11 is 0. The molecule has 0 saturated carbocycles. The molecule has 0 saturated heterocycles. The van der Waals surface area contributed by atoms with Gasteiger partial charge in [0.15, 0.2) is 0 Å². The molecule has 0 bridgehead atoms. The van der Waals surface area contributed by atoms with Crippen LogP contribution in [0.4, 0.5) is 0 Å². The molecule has 0 aromatic heterocycles. The lowest BCUT2D eigenvalue weighted by atomic mass is 10.1. The molecule has 2 rings (SSSR count). The Hall–Kier alpha value is -2.08. The second-order valence-corrected chi connectivity index (χ2v) is 4.91. The van der Waals surface area contributed by atoms with Crippen molar-refractivity contribution >= 4 is 11.8 Å². The van der Waals surface area contributed by atoms with Crippen LogP contribution in [-0.4, -0.2) is 23.3 Å². The van der Waals surface area contributed by atoms with Crippen molar-refractivity contribution in [2.75, 3.05) is 6.54 Å². The van der Waals surface area contributed by atoms with Gasteiger partial charge in [0.05, 0.1) is 17.7 Å². The summed E-state index contributed by atoms with van der Waals surface area (Å²) in [7, 11) is 0. The molecule has 0 unspecified atom stereocenters. The Bertz CT molecular complexity index is 531. The van der Waals surface area contributed by atoms with Crippen molar-refractivity contribution in [2.45, 2.75) is 39.0 Å². The number of imide groups is 1. The number of hydrogen-bond acceptors (Lipinski definition) is 2. The number of carbonyl (C=O) groups is 2. The number of amides is 2. The first kappa shape index (κ1) is 14.3. The van der Waals surface area contributed by atoms with Crippen molar-refractivity contribution in [1.29, 1.82) is 0 Å². The Morgan fingerprint density at radius 1 is 0.950 bits per heavy atom. The molecule has 2 amide bonds. The molecule has 0 aliphatic carbocycles. The van der Waals surface area contributed by atoms with Gasteiger partial charge >= 0.3 is 0 Å². The molecule has 1 heterocycles. The molecule has 1 aliphatic rings. The van der Waals surface area contributed by atoms with E-state index in [1.807, 2.05) is 0 Å². The van der Waals surface area contributed by atoms with E-state index in [2.05, 4.69) is 18.8 Å². The molecule has 0 radical (unpaired) electrons. The fourth-order valence-corrected chi connectivity index (χ4v) is 2.25. The van der Waals surface area contributed by atoms with Crippen LogP contribution in [-0.2, 0) is 0 Å². The van der Waals surface area contributed by atoms with E-state index < -0.39 is 0 Å². The van der Waals surface area contributed by atoms with Crippen molar-refractivity contribution in [3.63, 3.8) is 0 Å². The van der Waals surface area contributed by atoms with Crippen LogP contribution in [0.1, 0.15) is 59.7 Å². The number of carbonyl (C=O) groups excluding carboxylic acids is 2. The Labute approximate surface area is 120 Å². The van der Waals surface area contributed by atoms with Crippen LogP contribution in [0.3, 0.4) is 0 Å². The molecule has 1 aliphatic heterocycles. The highest BCUT2D eigenvalue weighted by Gasteiger charge is 2.34. The molecule has 3 nitrogen and oxygen atoms in total. The predicted molar refractivity (Wildman–Crippen MR) is 78.3 cm³/mol. The van der Waals surface area contributed by atoms with Gasteiger partial charge in [-0.1, -0.05) is 44.2 Å². The highest BCUT2D eigenvalue weighted by Crippen LogP contribution is 2.21. The molecule has 3 heteroatoms. The average molecular weight is 269 g/mol. The van der Waals surface area contributed by atoms with Gasteiger partial charge in [-0.3, -0.25) is 14.5 Å². The van der Waals surface area contributed by atoms with E-state index in [0.717, 1.165) is 12.8 Å². The standard InChI is InChI=1S/C17H19NO2/c1-2-3-4-5-6-7-10-13-18-16(19)14-11-8-9-12-15(14)17(18)20/h8-9,11-12H,2-6,13H2,1H3. The van der Waals surface area contributed by atoms with Gasteiger partial charge in [-0.15, -0.1) is 5.92 Å². The van der Waals surface area contributed by atoms with Crippen LogP contribution in [0.25, 0.3) is 0 Å². The Morgan fingerprint density at radius 3 is 2.20 bits per heavy atom. The lowest BCUT2D eigenvalue weighted by molar-refractivity contribution is 0.0675. The first-order valence-electron chi connectivity index (χ1n) is 7.16. The molecule has 0 spiro atoms. The van der Waals surface area contributed by atoms with Gasteiger partial charge in [-0.25, -0.2) is 0 Å². The maximum Gasteiger partial charge on any atom is 0.262 e. The van der Waals surface area contributed by atoms with E-state index in [0.29, 0.717) is 11.1 Å². The third kappa shape index (κ3) is 3.08. The molecular weight excluding hydrogens is 250 g/mol. The van der Waals surface area contributed by atoms with Crippen LogP contribution >= 0.6 is 0 Å². The van der Waals surface area contributed by atoms with Crippen molar-refractivity contribution in [3.05, 3.63) is 35.4 Å². The molecule has 1 aromatic carbocycles. The minimum Gasteiger partial charge on any atom is -0.269 e. The third-order valence-corrected chi connectivity index (χ3v) is 3.40. The fourth-order valence-electron chi connectivity index (χ4n) is 2.25. The van der Waals surface area contributed by atoms with Gasteiger partial charge in [0.1, 0.15) is 0 Å². The van der Waals surface area contributed by atoms with Crippen molar-refractivity contribution in [1.82, 2.24) is 4.90 Å². The number of fused-ring (bicyclic) bond motifs is 1. The summed E-state index contributed by atoms with van der Waals surface area (Å²) in [5, 5.41) is 0. The summed E-state index contributed by atoms with van der Waals surface area (Å²) in [6.45, 7) is 2.37. The summed E-state index contributed by atoms with van der Waals surface area (Å²) in [6, 6.07) is 6.92. The highest BCUT2D eigenvalue weighted by molar-refractivity contribution is 6.21. The number of nitrogens with zero attached hydrogens (tertiary/aromatic N) is 1. The van der Waals surface area contributed by atoms with Crippen molar-refractivity contribution in [2.24, 2.45) is 0 Å². The number of hydrogen-bond donors (Lipinski definition) is 0. The third-order valence-electron chi connectivity index (χ3n) is 3.40. The van der Waals surface area contributed by atoms with Crippen LogP contribution in [0.5, 0.6) is 0 Å². The average Bonchev–Trinajstić information content (AvgIpc) is 2.71. The molecule has 0 N–H and O–H groups in total. The SMILES string of the molecule is CCCCCCC#CCN1C(=O)c2ccccc2C1=O. The van der Waals surface area contributed by atoms with E-state index in [4.69, 9.17) is 0 Å². The van der Waals surface area contributed by atoms with Gasteiger partial charge in [0.2, 0.25) is 0 Å². The minimum absolute atomic E-state index is 0.195. The molecular formula is C17H19NO2. The van der Waals surface area contributed by atoms with Gasteiger partial charge < -0.3 is 0 Å². The fraction of sp³-hybridized carbons (Fsp3) is 0.412. The van der Waals surface area contributed by atoms with Crippen LogP contribution in [0.15, 0.2) is 24.3 Å². The smallest absolute Gasteiger partial charge is 0.262 e. The van der Waals surface area contributed by atoms with Gasteiger partial charge in [-0.2, -0.15) is 0 Å². The zero-order valence-electron chi connectivity index (χ0n) is 11.8. The van der Waals surface area contributed by atoms with E-state index in [9.17, 15) is 9.59 Å². The maximum absolute atomic E-state index is 12.0. The van der Waals surface area contributed by atoms with Crippen LogP contribution in [0.2, 0.25) is 0 Å². The zero-order valence-corrected chi connectivity index (χ0v) is 11.8. The summed E-state index contributed by atoms with van der Waals surface area (Å²) in [6.07, 6.45) is 5.56. The number of unbranched alkanes of at least 4 members (excludes halogenated alkanes) is 4. The zero-order chi connectivity index (χ0) is 14.4. The highest BCUT2D eigenvalue weighted by atomic mass is 16.2. The Morgan fingerprint density at radius 2 is 1.60 bits per heavy atom. The molecule has 0 fully saturated rings. The minimum atomic E-state index is -0.231. The monoisotopic (exact) mass is 269 g/mol. The van der Waals surface area contributed by atoms with Crippen LogP contribution < -0.4 is 0 Å². The quantitative estimate of drug-likeness (QED) is 0.467. The Balaban J connectivity index is 1.88. The lowest BCUT2D eigenvalue weighted by Crippen LogP contribution is -2.29. The summed E-state index contributed by atoms with van der Waals surface area (Å²) in [5.41, 5.74) is 0.976. The van der Waals surface area contributed by atoms with Gasteiger partial charge in [0, 0.05) is 6.42 Å². The van der Waals surface area contributed by atoms with Gasteiger partial charge in [0.25, 0.3) is 11.8 Å². The number of rotatable bonds is 5. The second-order valence-electron chi connectivity index (χ2n) is 4.91. The predicted octanol–water partition coefficient (Wildman–Crippen LogP) is 3.26. The van der Waals surface area contributed by atoms with E-state index in [1.54, 1.807) is 24.3 Å². The van der Waals surface area contributed by atoms with E-state index in [1.165, 1.54) is 24.2 Å². The topological polar surface area (TPSA) is 37.4 Å². The first-order chi connectivity index (χ1) is 9.75. The molecule has 104 valence electrons. The van der Waals surface area contributed by atoms with Crippen molar-refractivity contribution < 1.29 is 9.59 Å². The molecule has 20 heavy (non-hydrogen) atoms. The molecule has 0 atom stereocenters. The largest absolute Gasteiger partial charge is 0.269 e. The summed E-state index contributed by atoms with van der Waals surface area (Å²) < 4.78 is 0. The van der Waals surface area contributed by atoms with Gasteiger partial charge in [-0.05, 0) is 18.6 Å². The van der Waals surface area contributed by atoms with E-state index >= 15 is 0 Å². The normalized spacial score (nSPS) is 13.2. The maximum atomic E-state index is 12.0. The van der Waals surface area contributed by atoms with E-state index in [-0.39, 0.29) is 18.4 Å². The Kier molecular flexibility index (Phi) is 4.95. The second kappa shape index (κ2) is 6.91. The molecule has 1 aromatic rings. The summed E-state index contributed by atoms with van der Waals surface area (Å²) in [5.74, 6) is 5.52. The van der Waals surface area contributed by atoms with Crippen LogP contribution in [0, 0.1) is 11.8 Å². The lowest BCUT2D eigenvalue weighted by Gasteiger charge is -2.08.